The van der Waals surface area contributed by atoms with Gasteiger partial charge in [-0.3, -0.25) is 14.2 Å². The van der Waals surface area contributed by atoms with Crippen LogP contribution in [0.1, 0.15) is 30.4 Å². The second kappa shape index (κ2) is 11.2. The number of likely N-dealkylation sites (N-methyl/N-ethyl adjacent to an activating group) is 1. The minimum atomic E-state index is -3.88. The minimum absolute atomic E-state index is 0. The molecule has 1 aliphatic carbocycles. The van der Waals surface area contributed by atoms with Crippen LogP contribution in [0, 0.1) is 0 Å². The normalized spacial score (nSPS) is 14.2. The second-order valence-corrected chi connectivity index (χ2v) is 12.7. The molecular formula is C26H28Cl2N4O4S2. The van der Waals surface area contributed by atoms with E-state index >= 15 is 0 Å². The van der Waals surface area contributed by atoms with E-state index in [-0.39, 0.29) is 33.8 Å². The van der Waals surface area contributed by atoms with Crippen molar-refractivity contribution in [2.45, 2.75) is 42.0 Å². The lowest BCUT2D eigenvalue weighted by Crippen LogP contribution is -2.36. The molecule has 202 valence electrons. The van der Waals surface area contributed by atoms with E-state index in [1.165, 1.54) is 13.2 Å². The van der Waals surface area contributed by atoms with Gasteiger partial charge in [0.2, 0.25) is 0 Å². The van der Waals surface area contributed by atoms with Gasteiger partial charge in [0.1, 0.15) is 9.96 Å². The van der Waals surface area contributed by atoms with Crippen molar-refractivity contribution in [3.05, 3.63) is 70.1 Å². The lowest BCUT2D eigenvalue weighted by molar-refractivity contribution is -0.121. The van der Waals surface area contributed by atoms with Crippen LogP contribution in [0.2, 0.25) is 4.34 Å². The molecule has 2 aromatic carbocycles. The van der Waals surface area contributed by atoms with Crippen LogP contribution in [-0.2, 0) is 27.8 Å². The number of carbonyl (C=O) groups excluding carboxylic acids is 1. The van der Waals surface area contributed by atoms with E-state index in [2.05, 4.69) is 21.2 Å². The summed E-state index contributed by atoms with van der Waals surface area (Å²) in [5, 5.41) is 8.35. The molecule has 12 heteroatoms. The molecule has 1 fully saturated rings. The summed E-state index contributed by atoms with van der Waals surface area (Å²) in [6, 6.07) is 16.5. The van der Waals surface area contributed by atoms with Gasteiger partial charge >= 0.3 is 0 Å². The van der Waals surface area contributed by atoms with Gasteiger partial charge < -0.3 is 10.1 Å². The topological polar surface area (TPSA) is 102 Å². The molecule has 1 aliphatic rings. The molecule has 8 nitrogen and oxygen atoms in total. The third kappa shape index (κ3) is 5.69. The summed E-state index contributed by atoms with van der Waals surface area (Å²) in [4.78, 5) is 12.6. The largest absolute Gasteiger partial charge is 0.496 e. The molecule has 38 heavy (non-hydrogen) atoms. The lowest BCUT2D eigenvalue weighted by Gasteiger charge is -2.12. The molecule has 0 unspecified atom stereocenters. The Bertz CT molecular complexity index is 1580. The van der Waals surface area contributed by atoms with Crippen LogP contribution in [0.15, 0.2) is 58.8 Å². The molecule has 2 N–H and O–H groups in total. The number of aromatic nitrogens is 2. The van der Waals surface area contributed by atoms with Gasteiger partial charge in [-0.2, -0.15) is 5.10 Å². The molecule has 0 amide bonds. The monoisotopic (exact) mass is 594 g/mol. The van der Waals surface area contributed by atoms with Crippen LogP contribution in [0.4, 0.5) is 5.82 Å². The quantitative estimate of drug-likeness (QED) is 0.245. The second-order valence-electron chi connectivity index (χ2n) is 9.10. The summed E-state index contributed by atoms with van der Waals surface area (Å²) in [5.74, 6) is 0.950. The number of thiophene rings is 1. The van der Waals surface area contributed by atoms with Gasteiger partial charge in [-0.25, -0.2) is 8.42 Å². The minimum Gasteiger partial charge on any atom is -0.496 e. The van der Waals surface area contributed by atoms with Gasteiger partial charge in [0, 0.05) is 6.42 Å². The molecular weight excluding hydrogens is 567 g/mol. The van der Waals surface area contributed by atoms with Crippen LogP contribution in [-0.4, -0.2) is 43.7 Å². The Morgan fingerprint density at radius 3 is 2.55 bits per heavy atom. The number of halogens is 2. The lowest BCUT2D eigenvalue weighted by atomic mass is 10.0. The third-order valence-corrected chi connectivity index (χ3v) is 9.79. The summed E-state index contributed by atoms with van der Waals surface area (Å²) in [7, 11) is -0.503. The highest BCUT2D eigenvalue weighted by atomic mass is 35.5. The van der Waals surface area contributed by atoms with Crippen LogP contribution in [0.5, 0.6) is 5.75 Å². The highest BCUT2D eigenvalue weighted by Gasteiger charge is 2.47. The van der Waals surface area contributed by atoms with Crippen LogP contribution in [0.3, 0.4) is 0 Å². The maximum absolute atomic E-state index is 13.0. The fraction of sp³-hybridized carbons (Fsp3) is 0.308. The Balaban J connectivity index is 0.00000336. The first-order chi connectivity index (χ1) is 17.7. The number of hydrogen-bond donors (Lipinski definition) is 2. The molecule has 0 bridgehead atoms. The van der Waals surface area contributed by atoms with E-state index in [4.69, 9.17) is 16.3 Å². The number of sulfonamides is 1. The zero-order chi connectivity index (χ0) is 26.2. The summed E-state index contributed by atoms with van der Waals surface area (Å²) >= 11 is 6.93. The standard InChI is InChI=1S/C26H27ClN4O4S2.ClH/c1-28-26(13-14-26)21(32)10-9-17-5-3-6-18(15-17)16-31-19-7-4-8-20(35-2)24(19)25(29-31)30-37(33,34)23-12-11-22(27)36-23;/h3-8,11-12,15,28H,9-10,13-14,16H2,1-2H3,(H,29,30);1H. The van der Waals surface area contributed by atoms with E-state index < -0.39 is 10.0 Å². The number of ether oxygens (including phenoxy) is 1. The number of anilines is 1. The van der Waals surface area contributed by atoms with Crippen molar-refractivity contribution in [3.63, 3.8) is 0 Å². The molecule has 4 aromatic rings. The Labute approximate surface area is 236 Å². The van der Waals surface area contributed by atoms with E-state index in [1.54, 1.807) is 16.8 Å². The number of Topliss-reactive ketones (excluding diaryl/α,β-unsaturated/α-hetero) is 1. The zero-order valence-electron chi connectivity index (χ0n) is 20.9. The summed E-state index contributed by atoms with van der Waals surface area (Å²) in [5.41, 5.74) is 2.48. The fourth-order valence-electron chi connectivity index (χ4n) is 4.53. The molecule has 0 spiro atoms. The Hall–Kier alpha value is -2.63. The average Bonchev–Trinajstić information content (AvgIpc) is 3.46. The number of nitrogens with one attached hydrogen (secondary N) is 2. The first-order valence-electron chi connectivity index (χ1n) is 11.9. The molecule has 0 radical (unpaired) electrons. The van der Waals surface area contributed by atoms with E-state index in [1.807, 2.05) is 37.4 Å². The third-order valence-electron chi connectivity index (χ3n) is 6.73. The number of nitrogens with zero attached hydrogens (tertiary/aromatic N) is 2. The first kappa shape index (κ1) is 28.4. The van der Waals surface area contributed by atoms with Gasteiger partial charge in [0.25, 0.3) is 10.0 Å². The SMILES string of the molecule is CNC1(C(=O)CCc2cccc(Cn3nc(NS(=O)(=O)c4ccc(Cl)s4)c4c(OC)cccc43)c2)CC1.Cl. The number of ketones is 1. The molecule has 1 saturated carbocycles. The van der Waals surface area contributed by atoms with Crippen molar-refractivity contribution in [1.82, 2.24) is 15.1 Å². The Morgan fingerprint density at radius 1 is 1.16 bits per heavy atom. The average molecular weight is 596 g/mol. The van der Waals surface area contributed by atoms with E-state index in [0.29, 0.717) is 34.9 Å². The van der Waals surface area contributed by atoms with Gasteiger partial charge in [-0.15, -0.1) is 23.7 Å². The molecule has 2 aromatic heterocycles. The Morgan fingerprint density at radius 2 is 1.89 bits per heavy atom. The van der Waals surface area contributed by atoms with Crippen LogP contribution >= 0.6 is 35.3 Å². The fourth-order valence-corrected chi connectivity index (χ4v) is 7.02. The highest BCUT2D eigenvalue weighted by Crippen LogP contribution is 2.37. The summed E-state index contributed by atoms with van der Waals surface area (Å²) in [6.07, 6.45) is 2.97. The number of fused-ring (bicyclic) bond motifs is 1. The zero-order valence-corrected chi connectivity index (χ0v) is 24.1. The summed E-state index contributed by atoms with van der Waals surface area (Å²) < 4.78 is 36.4. The highest BCUT2D eigenvalue weighted by molar-refractivity contribution is 7.94. The summed E-state index contributed by atoms with van der Waals surface area (Å²) in [6.45, 7) is 0.415. The van der Waals surface area contributed by atoms with Crippen molar-refractivity contribution in [1.29, 1.82) is 0 Å². The van der Waals surface area contributed by atoms with Crippen molar-refractivity contribution < 1.29 is 17.9 Å². The van der Waals surface area contributed by atoms with E-state index in [9.17, 15) is 13.2 Å². The van der Waals surface area contributed by atoms with Crippen LogP contribution in [0.25, 0.3) is 10.9 Å². The van der Waals surface area contributed by atoms with Crippen molar-refractivity contribution in [2.75, 3.05) is 18.9 Å². The predicted molar refractivity (Wildman–Crippen MR) is 154 cm³/mol. The van der Waals surface area contributed by atoms with Gasteiger partial charge in [0.15, 0.2) is 11.6 Å². The van der Waals surface area contributed by atoms with Gasteiger partial charge in [-0.1, -0.05) is 41.9 Å². The molecule has 0 aliphatic heterocycles. The van der Waals surface area contributed by atoms with Crippen molar-refractivity contribution >= 4 is 67.9 Å². The van der Waals surface area contributed by atoms with E-state index in [0.717, 1.165) is 40.8 Å². The van der Waals surface area contributed by atoms with Crippen molar-refractivity contribution in [2.24, 2.45) is 0 Å². The molecule has 0 saturated heterocycles. The molecule has 0 atom stereocenters. The smallest absolute Gasteiger partial charge is 0.272 e. The maximum atomic E-state index is 13.0. The number of methoxy groups -OCH3 is 1. The molecule has 5 rings (SSSR count). The predicted octanol–water partition coefficient (Wildman–Crippen LogP) is 5.28. The van der Waals surface area contributed by atoms with Gasteiger partial charge in [0.05, 0.1) is 34.4 Å². The Kier molecular flexibility index (Phi) is 8.39. The van der Waals surface area contributed by atoms with Crippen molar-refractivity contribution in [3.8, 4) is 5.75 Å². The molecule has 2 heterocycles. The number of hydrogen-bond acceptors (Lipinski definition) is 7. The maximum Gasteiger partial charge on any atom is 0.272 e. The van der Waals surface area contributed by atoms with Gasteiger partial charge in [-0.05, 0) is 61.7 Å². The number of benzene rings is 2. The first-order valence-corrected chi connectivity index (χ1v) is 14.5. The number of aryl methyl sites for hydroxylation is 1. The number of carbonyl (C=O) groups is 1. The number of rotatable bonds is 11. The van der Waals surface area contributed by atoms with Crippen LogP contribution < -0.4 is 14.8 Å².